The van der Waals surface area contributed by atoms with Crippen molar-refractivity contribution in [1.82, 2.24) is 0 Å². The number of aliphatic hydroxyl groups is 2. The molecule has 0 aromatic heterocycles. The summed E-state index contributed by atoms with van der Waals surface area (Å²) in [6.45, 7) is 6.16. The van der Waals surface area contributed by atoms with Crippen LogP contribution >= 0.6 is 0 Å². The lowest BCUT2D eigenvalue weighted by molar-refractivity contribution is -0.389. The molecular weight excluding hydrogens is 344 g/mol. The lowest BCUT2D eigenvalue weighted by Gasteiger charge is -2.85. The van der Waals surface area contributed by atoms with Gasteiger partial charge in [-0.2, -0.15) is 0 Å². The van der Waals surface area contributed by atoms with Gasteiger partial charge in [0.15, 0.2) is 0 Å². The molecule has 0 spiro atoms. The van der Waals surface area contributed by atoms with Gasteiger partial charge >= 0.3 is 0 Å². The molecule has 0 radical (unpaired) electrons. The van der Waals surface area contributed by atoms with Crippen LogP contribution < -0.4 is 0 Å². The molecule has 2 heteroatoms. The molecule has 0 aliphatic heterocycles. The molecule has 0 heterocycles. The normalized spacial score (nSPS) is 74.1. The van der Waals surface area contributed by atoms with Gasteiger partial charge in [0.25, 0.3) is 0 Å². The molecule has 0 unspecified atom stereocenters. The molecule has 6 bridgehead atoms. The van der Waals surface area contributed by atoms with Gasteiger partial charge < -0.3 is 10.2 Å². The first-order valence-corrected chi connectivity index (χ1v) is 12.8. The van der Waals surface area contributed by atoms with Gasteiger partial charge in [-0.25, -0.2) is 0 Å². The van der Waals surface area contributed by atoms with E-state index in [9.17, 15) is 10.2 Å². The predicted octanol–water partition coefficient (Wildman–Crippen LogP) is 4.06. The van der Waals surface area contributed by atoms with Gasteiger partial charge in [-0.05, 0) is 132 Å². The van der Waals surface area contributed by atoms with Gasteiger partial charge in [0.05, 0.1) is 0 Å². The second-order valence-electron chi connectivity index (χ2n) is 13.3. The van der Waals surface area contributed by atoms with Crippen molar-refractivity contribution < 1.29 is 10.2 Å². The van der Waals surface area contributed by atoms with E-state index >= 15 is 0 Å². The van der Waals surface area contributed by atoms with Crippen LogP contribution in [-0.4, -0.2) is 23.4 Å². The highest BCUT2D eigenvalue weighted by Crippen LogP contribution is 2.94. The van der Waals surface area contributed by atoms with Gasteiger partial charge in [-0.15, -0.1) is 0 Å². The van der Waals surface area contributed by atoms with Crippen molar-refractivity contribution in [2.45, 2.75) is 52.4 Å². The van der Waals surface area contributed by atoms with Crippen LogP contribution in [0.5, 0.6) is 0 Å². The van der Waals surface area contributed by atoms with Crippen LogP contribution in [0.2, 0.25) is 0 Å². The fourth-order valence-corrected chi connectivity index (χ4v) is 14.0. The number of aliphatic hydroxyl groups excluding tert-OH is 2. The molecule has 0 aromatic rings. The van der Waals surface area contributed by atoms with Gasteiger partial charge in [0.2, 0.25) is 0 Å². The summed E-state index contributed by atoms with van der Waals surface area (Å²) < 4.78 is 0. The highest BCUT2D eigenvalue weighted by atomic mass is 16.3. The van der Waals surface area contributed by atoms with Crippen LogP contribution in [-0.2, 0) is 0 Å². The first kappa shape index (κ1) is 16.6. The van der Waals surface area contributed by atoms with E-state index in [2.05, 4.69) is 13.8 Å². The Balaban J connectivity index is 1.22. The molecule has 28 heavy (non-hydrogen) atoms. The van der Waals surface area contributed by atoms with Gasteiger partial charge in [0, 0.05) is 13.2 Å². The summed E-state index contributed by atoms with van der Waals surface area (Å²) in [7, 11) is 0. The zero-order chi connectivity index (χ0) is 18.7. The summed E-state index contributed by atoms with van der Waals surface area (Å²) >= 11 is 0. The maximum Gasteiger partial charge on any atom is 0.0465 e. The summed E-state index contributed by atoms with van der Waals surface area (Å²) in [4.78, 5) is 0. The van der Waals surface area contributed by atoms with Gasteiger partial charge in [0.1, 0.15) is 0 Å². The molecule has 0 amide bonds. The first-order valence-electron chi connectivity index (χ1n) is 12.8. The van der Waals surface area contributed by atoms with Crippen molar-refractivity contribution >= 4 is 0 Å². The van der Waals surface area contributed by atoms with Crippen LogP contribution in [0.4, 0.5) is 0 Å². The minimum absolute atomic E-state index is 0.324. The van der Waals surface area contributed by atoms with E-state index in [0.29, 0.717) is 35.9 Å². The van der Waals surface area contributed by atoms with Crippen molar-refractivity contribution in [3.63, 3.8) is 0 Å². The highest BCUT2D eigenvalue weighted by molar-refractivity contribution is 5.37. The lowest BCUT2D eigenvalue weighted by atomic mass is 9.19. The lowest BCUT2D eigenvalue weighted by Crippen LogP contribution is -2.82. The molecule has 9 aliphatic rings. The Morgan fingerprint density at radius 1 is 0.607 bits per heavy atom. The Labute approximate surface area is 169 Å². The quantitative estimate of drug-likeness (QED) is 0.756. The third-order valence-electron chi connectivity index (χ3n) is 14.0. The average molecular weight is 383 g/mol. The van der Waals surface area contributed by atoms with Gasteiger partial charge in [-0.3, -0.25) is 0 Å². The summed E-state index contributed by atoms with van der Waals surface area (Å²) in [6, 6.07) is 0. The van der Waals surface area contributed by atoms with Crippen molar-refractivity contribution in [2.75, 3.05) is 13.2 Å². The van der Waals surface area contributed by atoms with Crippen molar-refractivity contribution in [3.8, 4) is 0 Å². The van der Waals surface area contributed by atoms with E-state index in [0.717, 1.165) is 71.0 Å². The standard InChI is InChI=1S/C26H38O2/c1-25-21-11-3-4-12(7-11)22(21)26(25,2)24-16-8-15(23(24)25)19-13-5-6-14(20(16)19)18(10-28)17(13)9-27/h11-24,27-28H,3-10H2,1-2H3/t11-,12+,13-,14+,15-,16+,17-,18-,19+,20-,21+,22-,23-,24+,25+,26-/m1/s1. The molecule has 9 saturated carbocycles. The topological polar surface area (TPSA) is 40.5 Å². The van der Waals surface area contributed by atoms with Crippen molar-refractivity contribution in [3.05, 3.63) is 0 Å². The van der Waals surface area contributed by atoms with Crippen LogP contribution in [0.15, 0.2) is 0 Å². The smallest absolute Gasteiger partial charge is 0.0465 e. The molecule has 9 aliphatic carbocycles. The highest BCUT2D eigenvalue weighted by Gasteiger charge is 2.90. The molecule has 2 nitrogen and oxygen atoms in total. The van der Waals surface area contributed by atoms with Gasteiger partial charge in [-0.1, -0.05) is 13.8 Å². The Kier molecular flexibility index (Phi) is 2.80. The zero-order valence-corrected chi connectivity index (χ0v) is 17.6. The summed E-state index contributed by atoms with van der Waals surface area (Å²) in [6.07, 6.45) is 8.88. The summed E-state index contributed by atoms with van der Waals surface area (Å²) in [5, 5.41) is 20.4. The Bertz CT molecular complexity index is 689. The minimum atomic E-state index is 0.324. The van der Waals surface area contributed by atoms with E-state index in [4.69, 9.17) is 0 Å². The van der Waals surface area contributed by atoms with E-state index < -0.39 is 0 Å². The summed E-state index contributed by atoms with van der Waals surface area (Å²) in [5.74, 6) is 12.4. The maximum absolute atomic E-state index is 10.2. The Hall–Kier alpha value is -0.0800. The molecule has 16 atom stereocenters. The largest absolute Gasteiger partial charge is 0.396 e. The average Bonchev–Trinajstić information content (AvgIpc) is 3.49. The molecule has 2 N–H and O–H groups in total. The molecular formula is C26H38O2. The predicted molar refractivity (Wildman–Crippen MR) is 107 cm³/mol. The van der Waals surface area contributed by atoms with Crippen LogP contribution in [0.3, 0.4) is 0 Å². The third-order valence-corrected chi connectivity index (χ3v) is 14.0. The SMILES string of the molecule is C[C@]12[C@@H]3[C@@H]4C[C@@H]([C@H]5[C@H]6CC[C@H]([C@@H](CO)[C@@H]6CO)[C@@H]45)[C@@H]3[C@@]1(C)[C@@H]1[C@H]3CC[C@H](C3)[C@@H]12. The number of hydrogen-bond donors (Lipinski definition) is 2. The Morgan fingerprint density at radius 3 is 1.50 bits per heavy atom. The van der Waals surface area contributed by atoms with E-state index in [1.54, 1.807) is 19.3 Å². The Morgan fingerprint density at radius 2 is 1.07 bits per heavy atom. The molecule has 0 saturated heterocycles. The molecule has 9 rings (SSSR count). The fraction of sp³-hybridized carbons (Fsp3) is 1.00. The number of rotatable bonds is 2. The van der Waals surface area contributed by atoms with E-state index in [1.165, 1.54) is 19.3 Å². The second kappa shape index (κ2) is 4.72. The number of hydrogen-bond acceptors (Lipinski definition) is 2. The molecule has 154 valence electrons. The van der Waals surface area contributed by atoms with Crippen LogP contribution in [0, 0.1) is 93.7 Å². The number of fused-ring (bicyclic) bond motifs is 17. The van der Waals surface area contributed by atoms with Crippen molar-refractivity contribution in [1.29, 1.82) is 0 Å². The van der Waals surface area contributed by atoms with Crippen LogP contribution in [0.25, 0.3) is 0 Å². The molecule has 0 aromatic carbocycles. The van der Waals surface area contributed by atoms with Crippen LogP contribution in [0.1, 0.15) is 52.4 Å². The van der Waals surface area contributed by atoms with E-state index in [1.807, 2.05) is 0 Å². The maximum atomic E-state index is 10.2. The summed E-state index contributed by atoms with van der Waals surface area (Å²) in [5.41, 5.74) is 1.32. The fourth-order valence-electron chi connectivity index (χ4n) is 14.0. The monoisotopic (exact) mass is 382 g/mol. The first-order chi connectivity index (χ1) is 13.6. The van der Waals surface area contributed by atoms with E-state index in [-0.39, 0.29) is 0 Å². The van der Waals surface area contributed by atoms with Crippen molar-refractivity contribution in [2.24, 2.45) is 93.7 Å². The minimum Gasteiger partial charge on any atom is -0.396 e. The molecule has 9 fully saturated rings. The zero-order valence-electron chi connectivity index (χ0n) is 17.6. The third kappa shape index (κ3) is 1.31. The second-order valence-corrected chi connectivity index (χ2v) is 13.3.